The fourth-order valence-electron chi connectivity index (χ4n) is 4.71. The van der Waals surface area contributed by atoms with Crippen LogP contribution in [-0.4, -0.2) is 45.3 Å². The van der Waals surface area contributed by atoms with Crippen molar-refractivity contribution in [2.24, 2.45) is 0 Å². The summed E-state index contributed by atoms with van der Waals surface area (Å²) in [5.41, 5.74) is 2.03. The third kappa shape index (κ3) is 2.11. The second-order valence-corrected chi connectivity index (χ2v) is 6.97. The van der Waals surface area contributed by atoms with Crippen molar-refractivity contribution in [3.05, 3.63) is 35.4 Å². The van der Waals surface area contributed by atoms with Crippen molar-refractivity contribution in [1.82, 2.24) is 5.32 Å². The third-order valence-electron chi connectivity index (χ3n) is 5.89. The Balaban J connectivity index is 1.68. The average Bonchev–Trinajstić information content (AvgIpc) is 3.24. The molecule has 1 spiro atoms. The van der Waals surface area contributed by atoms with Gasteiger partial charge in [-0.3, -0.25) is 0 Å². The highest BCUT2D eigenvalue weighted by molar-refractivity contribution is 5.56. The number of hydrogen-bond donors (Lipinski definition) is 1. The van der Waals surface area contributed by atoms with Gasteiger partial charge in [0.15, 0.2) is 17.8 Å². The Hall–Kier alpha value is -1.60. The maximum atomic E-state index is 6.39. The van der Waals surface area contributed by atoms with E-state index in [0.717, 1.165) is 30.0 Å². The largest absolute Gasteiger partial charge is 0.454 e. The molecule has 3 aliphatic heterocycles. The molecule has 5 atom stereocenters. The van der Waals surface area contributed by atoms with E-state index in [9.17, 15) is 0 Å². The molecular formula is C19H23NO5. The molecule has 0 aromatic heterocycles. The van der Waals surface area contributed by atoms with Crippen LogP contribution in [-0.2, 0) is 19.6 Å². The van der Waals surface area contributed by atoms with E-state index >= 15 is 0 Å². The zero-order chi connectivity index (χ0) is 17.0. The molecule has 0 saturated carbocycles. The monoisotopic (exact) mass is 345 g/mol. The van der Waals surface area contributed by atoms with Crippen LogP contribution in [0.3, 0.4) is 0 Å². The minimum absolute atomic E-state index is 0.0241. The van der Waals surface area contributed by atoms with Gasteiger partial charge in [0.25, 0.3) is 0 Å². The van der Waals surface area contributed by atoms with Gasteiger partial charge in [0.1, 0.15) is 0 Å². The summed E-state index contributed by atoms with van der Waals surface area (Å²) in [7, 11) is 1.76. The van der Waals surface area contributed by atoms with E-state index in [4.69, 9.17) is 23.7 Å². The molecule has 1 fully saturated rings. The van der Waals surface area contributed by atoms with Gasteiger partial charge < -0.3 is 29.0 Å². The Bertz CT molecular complexity index is 720. The standard InChI is InChI=1S/C19H23NO5/c1-3-22-18-12-7-14-15(24-10-23-14)8-13(12)19-5-4-11(21-2)6-16(19)20-9-17(19)25-18/h4-5,7-8,11,16-18,20H,3,6,9-10H2,1-2H3/t11-,16?,17-,18-,19-/m0/s1. The molecule has 0 amide bonds. The Morgan fingerprint density at radius 3 is 2.92 bits per heavy atom. The molecule has 1 unspecified atom stereocenters. The van der Waals surface area contributed by atoms with Crippen molar-refractivity contribution in [2.45, 2.75) is 43.3 Å². The molecule has 0 bridgehead atoms. The Morgan fingerprint density at radius 2 is 2.12 bits per heavy atom. The first-order chi connectivity index (χ1) is 12.3. The molecule has 4 aliphatic rings. The molecule has 6 nitrogen and oxygen atoms in total. The second-order valence-electron chi connectivity index (χ2n) is 6.97. The lowest BCUT2D eigenvalue weighted by atomic mass is 9.65. The van der Waals surface area contributed by atoms with Gasteiger partial charge in [-0.1, -0.05) is 12.2 Å². The van der Waals surface area contributed by atoms with Crippen molar-refractivity contribution in [3.8, 4) is 11.5 Å². The van der Waals surface area contributed by atoms with Crippen LogP contribution >= 0.6 is 0 Å². The molecule has 1 aromatic rings. The first-order valence-electron chi connectivity index (χ1n) is 8.93. The van der Waals surface area contributed by atoms with Crippen LogP contribution in [0.2, 0.25) is 0 Å². The number of benzene rings is 1. The maximum absolute atomic E-state index is 6.39. The fourth-order valence-corrected chi connectivity index (χ4v) is 4.71. The topological polar surface area (TPSA) is 58.2 Å². The van der Waals surface area contributed by atoms with Crippen molar-refractivity contribution < 1.29 is 23.7 Å². The summed E-state index contributed by atoms with van der Waals surface area (Å²) in [5, 5.41) is 3.64. The second kappa shape index (κ2) is 5.71. The van der Waals surface area contributed by atoms with Gasteiger partial charge in [0.05, 0.1) is 17.6 Å². The lowest BCUT2D eigenvalue weighted by Crippen LogP contribution is -2.52. The molecule has 0 radical (unpaired) electrons. The molecule has 1 aliphatic carbocycles. The van der Waals surface area contributed by atoms with Crippen LogP contribution in [0.1, 0.15) is 30.8 Å². The summed E-state index contributed by atoms with van der Waals surface area (Å²) in [5.74, 6) is 1.57. The van der Waals surface area contributed by atoms with E-state index in [1.165, 1.54) is 5.56 Å². The minimum Gasteiger partial charge on any atom is -0.454 e. The van der Waals surface area contributed by atoms with Crippen molar-refractivity contribution >= 4 is 0 Å². The van der Waals surface area contributed by atoms with Crippen LogP contribution < -0.4 is 14.8 Å². The Morgan fingerprint density at radius 1 is 1.28 bits per heavy atom. The molecule has 134 valence electrons. The maximum Gasteiger partial charge on any atom is 0.231 e. The first kappa shape index (κ1) is 15.6. The lowest BCUT2D eigenvalue weighted by Gasteiger charge is -2.46. The van der Waals surface area contributed by atoms with Gasteiger partial charge >= 0.3 is 0 Å². The molecule has 1 N–H and O–H groups in total. The highest BCUT2D eigenvalue weighted by atomic mass is 16.7. The van der Waals surface area contributed by atoms with Gasteiger partial charge in [0.2, 0.25) is 6.79 Å². The predicted octanol–water partition coefficient (Wildman–Crippen LogP) is 2.03. The zero-order valence-electron chi connectivity index (χ0n) is 14.5. The Labute approximate surface area is 147 Å². The van der Waals surface area contributed by atoms with Crippen LogP contribution in [0.25, 0.3) is 0 Å². The summed E-state index contributed by atoms with van der Waals surface area (Å²) in [6, 6.07) is 4.40. The van der Waals surface area contributed by atoms with Crippen LogP contribution in [0.5, 0.6) is 11.5 Å². The Kier molecular flexibility index (Phi) is 3.57. The normalized spacial score (nSPS) is 37.5. The molecule has 5 rings (SSSR count). The van der Waals surface area contributed by atoms with Gasteiger partial charge in [-0.25, -0.2) is 0 Å². The molecule has 1 aromatic carbocycles. The van der Waals surface area contributed by atoms with Crippen molar-refractivity contribution in [3.63, 3.8) is 0 Å². The first-order valence-corrected chi connectivity index (χ1v) is 8.93. The SMILES string of the molecule is CCO[C@H]1O[C@H]2CNC3C[C@@H](OC)C=C[C@]32c2cc3c(cc21)OCO3. The summed E-state index contributed by atoms with van der Waals surface area (Å²) in [6.45, 7) is 3.64. The number of rotatable bonds is 3. The fraction of sp³-hybridized carbons (Fsp3) is 0.579. The number of nitrogens with one attached hydrogen (secondary N) is 1. The van der Waals surface area contributed by atoms with E-state index in [1.54, 1.807) is 7.11 Å². The molecule has 6 heteroatoms. The smallest absolute Gasteiger partial charge is 0.231 e. The summed E-state index contributed by atoms with van der Waals surface area (Å²) in [4.78, 5) is 0. The third-order valence-corrected chi connectivity index (χ3v) is 5.89. The van der Waals surface area contributed by atoms with Crippen LogP contribution in [0.4, 0.5) is 0 Å². The van der Waals surface area contributed by atoms with Gasteiger partial charge in [-0.15, -0.1) is 0 Å². The summed E-state index contributed by atoms with van der Waals surface area (Å²) < 4.78 is 29.1. The summed E-state index contributed by atoms with van der Waals surface area (Å²) in [6.07, 6.45) is 5.12. The highest BCUT2D eigenvalue weighted by Crippen LogP contribution is 2.53. The van der Waals surface area contributed by atoms with E-state index < -0.39 is 0 Å². The van der Waals surface area contributed by atoms with Crippen molar-refractivity contribution in [1.29, 1.82) is 0 Å². The number of methoxy groups -OCH3 is 1. The van der Waals surface area contributed by atoms with E-state index in [-0.39, 0.29) is 36.7 Å². The molecule has 1 saturated heterocycles. The highest BCUT2D eigenvalue weighted by Gasteiger charge is 2.57. The van der Waals surface area contributed by atoms with E-state index in [2.05, 4.69) is 23.5 Å². The van der Waals surface area contributed by atoms with Crippen molar-refractivity contribution in [2.75, 3.05) is 27.1 Å². The average molecular weight is 345 g/mol. The van der Waals surface area contributed by atoms with Crippen LogP contribution in [0.15, 0.2) is 24.3 Å². The van der Waals surface area contributed by atoms with Crippen LogP contribution in [0, 0.1) is 0 Å². The molecule has 3 heterocycles. The molecule has 25 heavy (non-hydrogen) atoms. The predicted molar refractivity (Wildman–Crippen MR) is 89.8 cm³/mol. The van der Waals surface area contributed by atoms with Gasteiger partial charge in [-0.2, -0.15) is 0 Å². The molecular weight excluding hydrogens is 322 g/mol. The van der Waals surface area contributed by atoms with Gasteiger partial charge in [0, 0.05) is 31.9 Å². The lowest BCUT2D eigenvalue weighted by molar-refractivity contribution is -0.189. The minimum atomic E-state index is -0.376. The van der Waals surface area contributed by atoms with E-state index in [0.29, 0.717) is 6.61 Å². The number of hydrogen-bond acceptors (Lipinski definition) is 6. The van der Waals surface area contributed by atoms with Gasteiger partial charge in [-0.05, 0) is 31.0 Å². The van der Waals surface area contributed by atoms with E-state index in [1.807, 2.05) is 13.0 Å². The number of fused-ring (bicyclic) bond motifs is 2. The zero-order valence-corrected chi connectivity index (χ0v) is 14.5. The quantitative estimate of drug-likeness (QED) is 0.846. The summed E-state index contributed by atoms with van der Waals surface area (Å²) >= 11 is 0. The number of ether oxygens (including phenoxy) is 5.